The molecule has 8 fully saturated rings. The van der Waals surface area contributed by atoms with Crippen molar-refractivity contribution >= 4 is 17.9 Å². The van der Waals surface area contributed by atoms with Gasteiger partial charge in [0.2, 0.25) is 0 Å². The number of rotatable bonds is 12. The molecule has 2 atom stereocenters. The molecule has 0 aromatic carbocycles. The summed E-state index contributed by atoms with van der Waals surface area (Å²) >= 11 is 0. The van der Waals surface area contributed by atoms with Gasteiger partial charge in [0, 0.05) is 6.42 Å². The number of ether oxygens (including phenoxy) is 4. The van der Waals surface area contributed by atoms with E-state index in [-0.39, 0.29) is 59.3 Å². The fourth-order valence-corrected chi connectivity index (χ4v) is 10.2. The van der Waals surface area contributed by atoms with Crippen molar-refractivity contribution in [2.24, 2.45) is 40.4 Å². The summed E-state index contributed by atoms with van der Waals surface area (Å²) in [5.41, 5.74) is -2.15. The van der Waals surface area contributed by atoms with Crippen LogP contribution < -0.4 is 0 Å². The van der Waals surface area contributed by atoms with Gasteiger partial charge in [-0.15, -0.1) is 0 Å². The summed E-state index contributed by atoms with van der Waals surface area (Å²) in [4.78, 5) is 36.5. The van der Waals surface area contributed by atoms with Gasteiger partial charge in [-0.25, -0.2) is 0 Å². The Morgan fingerprint density at radius 2 is 0.944 bits per heavy atom. The van der Waals surface area contributed by atoms with Crippen LogP contribution in [-0.2, 0) is 33.3 Å². The predicted molar refractivity (Wildman–Crippen MR) is 201 cm³/mol. The zero-order chi connectivity index (χ0) is 37.0. The smallest absolute Gasteiger partial charge is 0.453 e. The third-order valence-electron chi connectivity index (χ3n) is 13.0. The summed E-state index contributed by atoms with van der Waals surface area (Å²) in [5, 5.41) is 0. The van der Waals surface area contributed by atoms with Crippen molar-refractivity contribution in [1.29, 1.82) is 0 Å². The van der Waals surface area contributed by atoms with Crippen LogP contribution in [0.2, 0.25) is 0 Å². The fraction of sp³-hybridized carbons (Fsp3) is 0.929. The molecule has 0 spiro atoms. The molecule has 0 aliphatic heterocycles. The molecule has 0 aromatic rings. The minimum absolute atomic E-state index is 0. The molecule has 0 heterocycles. The molecule has 2 unspecified atom stereocenters. The molecule has 8 aliphatic carbocycles. The Kier molecular flexibility index (Phi) is 16.4. The zero-order valence-corrected chi connectivity index (χ0v) is 30.7. The van der Waals surface area contributed by atoms with Crippen LogP contribution in [0, 0.1) is 40.4 Å². The standard InChI is InChI=1S/C22H31F5O5.C16H26O2.4CH4/c1-4-18(2,3)17(29)32-20-10-14-7-15(11-20)9-19(8-14,13-20)31-6-5-30-16(28)12-21(23,24)22(25,26)27;1-4-15(2,3)14(17)18-16-8-11-5-12(9-16)7-13(6-11)10-16;;;;/h14-15H,4-13H2,1-3H3;11-13H,4-10H2,1-3H3;4*1H4. The average Bonchev–Trinajstić information content (AvgIpc) is 2.97. The highest BCUT2D eigenvalue weighted by molar-refractivity contribution is 5.77. The minimum atomic E-state index is -5.81. The number of esters is 3. The SMILES string of the molecule is C.C.C.C.CCC(C)(C)C(=O)OC12CC3CC(CC(C3)C1)C2.CCC(C)(C)C(=O)OC12CC3CC(CC(OCCOC(=O)CC(F)(F)C(F)(F)F)(C3)C1)C2. The van der Waals surface area contributed by atoms with E-state index >= 15 is 0 Å². The van der Waals surface area contributed by atoms with Crippen molar-refractivity contribution in [1.82, 2.24) is 0 Å². The first-order valence-electron chi connectivity index (χ1n) is 18.7. The van der Waals surface area contributed by atoms with Crippen LogP contribution in [0.25, 0.3) is 0 Å². The van der Waals surface area contributed by atoms with Gasteiger partial charge in [-0.2, -0.15) is 22.0 Å². The van der Waals surface area contributed by atoms with E-state index in [1.807, 2.05) is 34.6 Å². The van der Waals surface area contributed by atoms with Gasteiger partial charge in [0.1, 0.15) is 24.2 Å². The molecule has 8 bridgehead atoms. The molecule has 318 valence electrons. The topological polar surface area (TPSA) is 88.1 Å². The number of hydrogen-bond acceptors (Lipinski definition) is 7. The van der Waals surface area contributed by atoms with Crippen molar-refractivity contribution in [3.8, 4) is 0 Å². The van der Waals surface area contributed by atoms with E-state index in [9.17, 15) is 36.3 Å². The van der Waals surface area contributed by atoms with Gasteiger partial charge in [0.15, 0.2) is 0 Å². The molecule has 0 amide bonds. The first-order chi connectivity index (χ1) is 23.0. The molecule has 0 aromatic heterocycles. The lowest BCUT2D eigenvalue weighted by molar-refractivity contribution is -0.284. The minimum Gasteiger partial charge on any atom is -0.463 e. The number of hydrogen-bond donors (Lipinski definition) is 0. The lowest BCUT2D eigenvalue weighted by Gasteiger charge is -2.61. The van der Waals surface area contributed by atoms with Gasteiger partial charge >= 0.3 is 30.0 Å². The van der Waals surface area contributed by atoms with E-state index in [1.165, 1.54) is 19.3 Å². The zero-order valence-electron chi connectivity index (χ0n) is 30.7. The molecule has 7 nitrogen and oxygen atoms in total. The number of carbonyl (C=O) groups is 3. The van der Waals surface area contributed by atoms with Gasteiger partial charge < -0.3 is 18.9 Å². The summed E-state index contributed by atoms with van der Waals surface area (Å²) < 4.78 is 85.3. The monoisotopic (exact) mass is 785 g/mol. The van der Waals surface area contributed by atoms with E-state index in [0.717, 1.165) is 75.5 Å². The molecule has 8 aliphatic rings. The lowest BCUT2D eigenvalue weighted by Crippen LogP contribution is -2.62. The highest BCUT2D eigenvalue weighted by atomic mass is 19.4. The number of carbonyl (C=O) groups excluding carboxylic acids is 3. The van der Waals surface area contributed by atoms with Crippen molar-refractivity contribution in [3.05, 3.63) is 0 Å². The highest BCUT2D eigenvalue weighted by Gasteiger charge is 2.61. The molecule has 12 heteroatoms. The summed E-state index contributed by atoms with van der Waals surface area (Å²) in [6.45, 7) is 11.2. The predicted octanol–water partition coefficient (Wildman–Crippen LogP) is 11.7. The van der Waals surface area contributed by atoms with Crippen LogP contribution in [0.4, 0.5) is 22.0 Å². The van der Waals surface area contributed by atoms with Crippen molar-refractivity contribution in [2.45, 2.75) is 196 Å². The van der Waals surface area contributed by atoms with Crippen molar-refractivity contribution in [2.75, 3.05) is 13.2 Å². The summed E-state index contributed by atoms with van der Waals surface area (Å²) in [5.74, 6) is -3.77. The second kappa shape index (κ2) is 17.7. The van der Waals surface area contributed by atoms with Crippen LogP contribution in [0.15, 0.2) is 0 Å². The maximum Gasteiger partial charge on any atom is 0.453 e. The van der Waals surface area contributed by atoms with Crippen molar-refractivity contribution < 1.29 is 55.3 Å². The summed E-state index contributed by atoms with van der Waals surface area (Å²) in [6, 6.07) is 0. The van der Waals surface area contributed by atoms with Gasteiger partial charge in [-0.05, 0) is 141 Å². The Balaban J connectivity index is 0.000000567. The fourth-order valence-electron chi connectivity index (χ4n) is 10.2. The second-order valence-corrected chi connectivity index (χ2v) is 18.1. The van der Waals surface area contributed by atoms with E-state index in [0.29, 0.717) is 24.7 Å². The molecule has 0 N–H and O–H groups in total. The first-order valence-corrected chi connectivity index (χ1v) is 18.7. The maximum atomic E-state index is 13.0. The average molecular weight is 785 g/mol. The molecule has 0 radical (unpaired) electrons. The normalized spacial score (nSPS) is 33.1. The Bertz CT molecular complexity index is 1230. The third kappa shape index (κ3) is 10.9. The van der Waals surface area contributed by atoms with E-state index in [2.05, 4.69) is 11.7 Å². The molecule has 8 saturated carbocycles. The lowest BCUT2D eigenvalue weighted by atomic mass is 9.52. The molecule has 8 rings (SSSR count). The molecule has 54 heavy (non-hydrogen) atoms. The van der Waals surface area contributed by atoms with Crippen LogP contribution in [-0.4, -0.2) is 60.0 Å². The summed E-state index contributed by atoms with van der Waals surface area (Å²) in [7, 11) is 0. The Morgan fingerprint density at radius 1 is 0.574 bits per heavy atom. The van der Waals surface area contributed by atoms with E-state index in [4.69, 9.17) is 14.2 Å². The Hall–Kier alpha value is -1.98. The molecule has 0 saturated heterocycles. The summed E-state index contributed by atoms with van der Waals surface area (Å²) in [6.07, 6.45) is 5.89. The molecular weight excluding hydrogens is 711 g/mol. The maximum absolute atomic E-state index is 13.0. The van der Waals surface area contributed by atoms with Gasteiger partial charge in [-0.3, -0.25) is 14.4 Å². The van der Waals surface area contributed by atoms with E-state index < -0.39 is 47.7 Å². The van der Waals surface area contributed by atoms with Crippen LogP contribution >= 0.6 is 0 Å². The Morgan fingerprint density at radius 3 is 1.35 bits per heavy atom. The first kappa shape index (κ1) is 50.0. The quantitative estimate of drug-likeness (QED) is 0.0842. The van der Waals surface area contributed by atoms with Crippen molar-refractivity contribution in [3.63, 3.8) is 0 Å². The Labute approximate surface area is 322 Å². The van der Waals surface area contributed by atoms with Crippen LogP contribution in [0.5, 0.6) is 0 Å². The number of alkyl halides is 5. The number of halogens is 5. The van der Waals surface area contributed by atoms with Gasteiger partial charge in [0.05, 0.1) is 23.0 Å². The third-order valence-corrected chi connectivity index (χ3v) is 13.0. The highest BCUT2D eigenvalue weighted by Crippen LogP contribution is 2.61. The van der Waals surface area contributed by atoms with E-state index in [1.54, 1.807) is 0 Å². The van der Waals surface area contributed by atoms with Crippen LogP contribution in [0.1, 0.15) is 168 Å². The van der Waals surface area contributed by atoms with Crippen LogP contribution in [0.3, 0.4) is 0 Å². The van der Waals surface area contributed by atoms with Gasteiger partial charge in [-0.1, -0.05) is 43.6 Å². The van der Waals surface area contributed by atoms with Gasteiger partial charge in [0.25, 0.3) is 0 Å². The second-order valence-electron chi connectivity index (χ2n) is 18.1. The molecular formula is C42H73F5O7. The largest absolute Gasteiger partial charge is 0.463 e.